The summed E-state index contributed by atoms with van der Waals surface area (Å²) in [6, 6.07) is 21.2. The van der Waals surface area contributed by atoms with Crippen molar-refractivity contribution in [3.8, 4) is 28.7 Å². The van der Waals surface area contributed by atoms with Gasteiger partial charge < -0.3 is 38.8 Å². The van der Waals surface area contributed by atoms with Crippen LogP contribution in [0.2, 0.25) is 0 Å². The number of hydrogen-bond acceptors (Lipinski definition) is 10. The Labute approximate surface area is 326 Å². The second kappa shape index (κ2) is 15.4. The second-order valence-electron chi connectivity index (χ2n) is 14.5. The molecule has 0 aromatic heterocycles. The lowest BCUT2D eigenvalue weighted by atomic mass is 9.94. The molecule has 2 atom stereocenters. The minimum absolute atomic E-state index is 0.114. The fourth-order valence-corrected chi connectivity index (χ4v) is 7.60. The Bertz CT molecular complexity index is 2260. The van der Waals surface area contributed by atoms with E-state index >= 15 is 0 Å². The van der Waals surface area contributed by atoms with Crippen molar-refractivity contribution in [1.82, 2.24) is 9.80 Å². The van der Waals surface area contributed by atoms with Gasteiger partial charge in [0.25, 0.3) is 11.8 Å². The number of nitrogens with zero attached hydrogens (tertiary/aromatic N) is 4. The van der Waals surface area contributed by atoms with Gasteiger partial charge in [-0.3, -0.25) is 19.6 Å². The summed E-state index contributed by atoms with van der Waals surface area (Å²) < 4.78 is 29.0. The molecule has 2 amide bonds. The zero-order valence-corrected chi connectivity index (χ0v) is 32.2. The predicted molar refractivity (Wildman–Crippen MR) is 216 cm³/mol. The largest absolute Gasteiger partial charge is 0.497 e. The van der Waals surface area contributed by atoms with Gasteiger partial charge in [-0.15, -0.1) is 0 Å². The Morgan fingerprint density at radius 3 is 1.98 bits per heavy atom. The molecule has 288 valence electrons. The molecule has 56 heavy (non-hydrogen) atoms. The van der Waals surface area contributed by atoms with Gasteiger partial charge in [0.15, 0.2) is 23.0 Å². The van der Waals surface area contributed by atoms with Gasteiger partial charge in [0.05, 0.1) is 69.1 Å². The lowest BCUT2D eigenvalue weighted by Gasteiger charge is -2.34. The predicted octanol–water partition coefficient (Wildman–Crippen LogP) is 7.64. The number of methoxy groups -OCH3 is 3. The van der Waals surface area contributed by atoms with Crippen LogP contribution in [0.25, 0.3) is 5.57 Å². The van der Waals surface area contributed by atoms with Gasteiger partial charge in [-0.05, 0) is 78.9 Å². The maximum Gasteiger partial charge on any atom is 0.260 e. The van der Waals surface area contributed by atoms with Gasteiger partial charge in [0.1, 0.15) is 5.75 Å². The topological polar surface area (TPSA) is 124 Å². The third-order valence-corrected chi connectivity index (χ3v) is 10.5. The van der Waals surface area contributed by atoms with Crippen LogP contribution in [0.4, 0.5) is 17.1 Å². The molecule has 4 heterocycles. The Kier molecular flexibility index (Phi) is 10.1. The highest BCUT2D eigenvalue weighted by atomic mass is 16.5. The number of amides is 2. The highest BCUT2D eigenvalue weighted by Crippen LogP contribution is 2.41. The van der Waals surface area contributed by atoms with E-state index < -0.39 is 0 Å². The smallest absolute Gasteiger partial charge is 0.260 e. The minimum Gasteiger partial charge on any atom is -0.497 e. The number of aliphatic imine (C=N–C) groups is 2. The van der Waals surface area contributed by atoms with E-state index in [0.717, 1.165) is 28.1 Å². The summed E-state index contributed by atoms with van der Waals surface area (Å²) >= 11 is 0. The number of anilines is 1. The van der Waals surface area contributed by atoms with E-state index in [1.165, 1.54) is 5.56 Å². The van der Waals surface area contributed by atoms with Crippen LogP contribution in [0, 0.1) is 0 Å². The fourth-order valence-electron chi connectivity index (χ4n) is 7.60. The quantitative estimate of drug-likeness (QED) is 0.147. The number of hydrogen-bond donors (Lipinski definition) is 1. The van der Waals surface area contributed by atoms with E-state index in [9.17, 15) is 9.59 Å². The summed E-state index contributed by atoms with van der Waals surface area (Å²) in [5.41, 5.74) is 7.42. The SMILES string of the molecule is COc1ccc2c(c1)CN1C(=O)c3cc(OC)c(OCCCOc4cc5c(cc4OC)C(=O)N4C=C(c6ccc(NC(C)C)cc6)C[C@H]4C=N5)cc3N=C[C@@H]1C2. The van der Waals surface area contributed by atoms with Crippen molar-refractivity contribution in [1.29, 1.82) is 0 Å². The van der Waals surface area contributed by atoms with Crippen LogP contribution >= 0.6 is 0 Å². The molecule has 0 aliphatic carbocycles. The molecular formula is C44H45N5O7. The van der Waals surface area contributed by atoms with Crippen LogP contribution in [0.1, 0.15) is 64.1 Å². The molecule has 1 N–H and O–H groups in total. The van der Waals surface area contributed by atoms with Crippen molar-refractivity contribution in [3.05, 3.63) is 101 Å². The van der Waals surface area contributed by atoms with Gasteiger partial charge in [0, 0.05) is 61.9 Å². The standard InChI is InChI=1S/C44H45N5O7/c1-26(2)47-31-10-7-27(8-11-31)29-16-33-23-46-38-21-42(39(53-4)18-35(38)43(50)48(33)24-29)56-14-6-13-55-41-20-37-36(19-40(41)54-5)44(51)49-25-30-17-34(52-3)12-9-28(30)15-32(49)22-45-37/h7-12,17-24,26,32-33,47H,6,13-16,25H2,1-5H3/t32-,33-/m0/s1. The van der Waals surface area contributed by atoms with Crippen molar-refractivity contribution in [2.24, 2.45) is 9.98 Å². The summed E-state index contributed by atoms with van der Waals surface area (Å²) in [6.07, 6.45) is 7.47. The Morgan fingerprint density at radius 1 is 0.714 bits per heavy atom. The molecule has 8 rings (SSSR count). The van der Waals surface area contributed by atoms with Gasteiger partial charge in [-0.25, -0.2) is 0 Å². The lowest BCUT2D eigenvalue weighted by molar-refractivity contribution is 0.0702. The van der Waals surface area contributed by atoms with E-state index in [-0.39, 0.29) is 23.9 Å². The summed E-state index contributed by atoms with van der Waals surface area (Å²) in [5.74, 6) is 2.36. The number of carbonyl (C=O) groups is 2. The fraction of sp³-hybridized carbons (Fsp3) is 0.318. The molecule has 0 unspecified atom stereocenters. The van der Waals surface area contributed by atoms with E-state index in [1.54, 1.807) is 50.5 Å². The van der Waals surface area contributed by atoms with Crippen LogP contribution < -0.4 is 29.0 Å². The van der Waals surface area contributed by atoms with Crippen LogP contribution in [0.5, 0.6) is 28.7 Å². The molecule has 0 saturated carbocycles. The Hall–Kier alpha value is -6.30. The summed E-state index contributed by atoms with van der Waals surface area (Å²) in [7, 11) is 4.74. The van der Waals surface area contributed by atoms with Gasteiger partial charge in [-0.1, -0.05) is 18.2 Å². The Balaban J connectivity index is 0.907. The summed E-state index contributed by atoms with van der Waals surface area (Å²) in [5, 5.41) is 3.41. The molecule has 4 aromatic rings. The van der Waals surface area contributed by atoms with Gasteiger partial charge >= 0.3 is 0 Å². The maximum atomic E-state index is 13.8. The first kappa shape index (κ1) is 36.7. The second-order valence-corrected chi connectivity index (χ2v) is 14.5. The van der Waals surface area contributed by atoms with Crippen LogP contribution in [0.3, 0.4) is 0 Å². The summed E-state index contributed by atoms with van der Waals surface area (Å²) in [6.45, 7) is 5.30. The molecule has 4 aliphatic heterocycles. The summed E-state index contributed by atoms with van der Waals surface area (Å²) in [4.78, 5) is 40.7. The van der Waals surface area contributed by atoms with Crippen LogP contribution in [-0.2, 0) is 13.0 Å². The highest BCUT2D eigenvalue weighted by Gasteiger charge is 2.35. The zero-order valence-electron chi connectivity index (χ0n) is 32.2. The number of fused-ring (bicyclic) bond motifs is 5. The average Bonchev–Trinajstić information content (AvgIpc) is 3.54. The van der Waals surface area contributed by atoms with E-state index in [1.807, 2.05) is 35.7 Å². The molecule has 0 bridgehead atoms. The molecule has 4 aromatic carbocycles. The molecule has 0 spiro atoms. The minimum atomic E-state index is -0.192. The maximum absolute atomic E-state index is 13.8. The first-order chi connectivity index (χ1) is 27.2. The average molecular weight is 756 g/mol. The molecule has 0 saturated heterocycles. The van der Waals surface area contributed by atoms with Crippen molar-refractivity contribution in [2.75, 3.05) is 39.9 Å². The lowest BCUT2D eigenvalue weighted by Crippen LogP contribution is -2.44. The van der Waals surface area contributed by atoms with E-state index in [4.69, 9.17) is 33.7 Å². The van der Waals surface area contributed by atoms with Crippen molar-refractivity contribution in [3.63, 3.8) is 0 Å². The number of nitrogens with one attached hydrogen (secondary N) is 1. The molecule has 12 nitrogen and oxygen atoms in total. The molecule has 4 aliphatic rings. The highest BCUT2D eigenvalue weighted by molar-refractivity contribution is 6.06. The number of benzene rings is 4. The Morgan fingerprint density at radius 2 is 1.36 bits per heavy atom. The zero-order chi connectivity index (χ0) is 38.9. The normalized spacial score (nSPS) is 17.9. The number of carbonyl (C=O) groups excluding carboxylic acids is 2. The van der Waals surface area contributed by atoms with Crippen molar-refractivity contribution >= 4 is 46.9 Å². The third-order valence-electron chi connectivity index (χ3n) is 10.5. The van der Waals surface area contributed by atoms with Crippen molar-refractivity contribution < 1.29 is 33.3 Å². The van der Waals surface area contributed by atoms with Crippen LogP contribution in [-0.4, -0.2) is 86.7 Å². The van der Waals surface area contributed by atoms with E-state index in [0.29, 0.717) is 90.6 Å². The number of rotatable bonds is 12. The first-order valence-electron chi connectivity index (χ1n) is 18.9. The molecule has 0 radical (unpaired) electrons. The molecule has 12 heteroatoms. The number of ether oxygens (including phenoxy) is 5. The van der Waals surface area contributed by atoms with E-state index in [2.05, 4.69) is 49.5 Å². The third kappa shape index (κ3) is 7.14. The van der Waals surface area contributed by atoms with Gasteiger partial charge in [0.2, 0.25) is 0 Å². The van der Waals surface area contributed by atoms with Crippen molar-refractivity contribution in [2.45, 2.75) is 57.8 Å². The molecule has 0 fully saturated rings. The molecular weight excluding hydrogens is 711 g/mol. The van der Waals surface area contributed by atoms with Crippen LogP contribution in [0.15, 0.2) is 82.9 Å². The first-order valence-corrected chi connectivity index (χ1v) is 18.9. The van der Waals surface area contributed by atoms with Gasteiger partial charge in [-0.2, -0.15) is 0 Å². The monoisotopic (exact) mass is 755 g/mol.